The van der Waals surface area contributed by atoms with Gasteiger partial charge in [-0.15, -0.1) is 0 Å². The van der Waals surface area contributed by atoms with Gasteiger partial charge in [-0.2, -0.15) is 11.8 Å². The summed E-state index contributed by atoms with van der Waals surface area (Å²) in [6.07, 6.45) is 5.93. The van der Waals surface area contributed by atoms with Crippen molar-refractivity contribution in [1.82, 2.24) is 10.6 Å². The summed E-state index contributed by atoms with van der Waals surface area (Å²) in [5.74, 6) is 0.613. The Labute approximate surface area is 109 Å². The molecule has 17 heavy (non-hydrogen) atoms. The van der Waals surface area contributed by atoms with Gasteiger partial charge in [0.1, 0.15) is 0 Å². The Bertz CT molecular complexity index is 246. The molecular weight excluding hydrogens is 232 g/mol. The van der Waals surface area contributed by atoms with Crippen molar-refractivity contribution < 1.29 is 4.79 Å². The van der Waals surface area contributed by atoms with Crippen LogP contribution in [0.2, 0.25) is 0 Å². The zero-order chi connectivity index (χ0) is 12.8. The molecule has 0 heterocycles. The monoisotopic (exact) mass is 258 g/mol. The van der Waals surface area contributed by atoms with Crippen molar-refractivity contribution >= 4 is 17.7 Å². The van der Waals surface area contributed by atoms with E-state index in [0.717, 1.165) is 0 Å². The first kappa shape index (κ1) is 14.8. The van der Waals surface area contributed by atoms with Gasteiger partial charge in [0.2, 0.25) is 5.91 Å². The van der Waals surface area contributed by atoms with Gasteiger partial charge in [0.25, 0.3) is 0 Å². The summed E-state index contributed by atoms with van der Waals surface area (Å²) in [5.41, 5.74) is 0. The Balaban J connectivity index is 2.23. The predicted molar refractivity (Wildman–Crippen MR) is 75.4 cm³/mol. The lowest BCUT2D eigenvalue weighted by Gasteiger charge is -2.21. The zero-order valence-corrected chi connectivity index (χ0v) is 12.3. The number of nitrogens with one attached hydrogen (secondary N) is 2. The quantitative estimate of drug-likeness (QED) is 0.766. The van der Waals surface area contributed by atoms with Crippen LogP contribution in [0, 0.1) is 5.92 Å². The van der Waals surface area contributed by atoms with E-state index >= 15 is 0 Å². The summed E-state index contributed by atoms with van der Waals surface area (Å²) in [7, 11) is 0. The molecule has 1 aliphatic carbocycles. The van der Waals surface area contributed by atoms with Crippen LogP contribution in [-0.2, 0) is 4.79 Å². The molecule has 0 aliphatic heterocycles. The van der Waals surface area contributed by atoms with Crippen molar-refractivity contribution in [3.63, 3.8) is 0 Å². The molecular formula is C13H26N2OS. The zero-order valence-electron chi connectivity index (χ0n) is 11.5. The van der Waals surface area contributed by atoms with Crippen LogP contribution in [0.5, 0.6) is 0 Å². The molecule has 1 amide bonds. The second kappa shape index (κ2) is 7.27. The third-order valence-electron chi connectivity index (χ3n) is 3.67. The topological polar surface area (TPSA) is 41.1 Å². The highest BCUT2D eigenvalue weighted by molar-refractivity contribution is 7.99. The van der Waals surface area contributed by atoms with Crippen LogP contribution in [0.4, 0.5) is 0 Å². The number of carbonyl (C=O) groups is 1. The molecule has 1 saturated carbocycles. The molecule has 1 aliphatic rings. The minimum atomic E-state index is 0.123. The van der Waals surface area contributed by atoms with Gasteiger partial charge in [-0.1, -0.05) is 20.3 Å². The molecule has 100 valence electrons. The molecule has 2 N–H and O–H groups in total. The van der Waals surface area contributed by atoms with E-state index in [4.69, 9.17) is 0 Å². The van der Waals surface area contributed by atoms with Crippen molar-refractivity contribution in [2.24, 2.45) is 5.92 Å². The third-order valence-corrected chi connectivity index (χ3v) is 4.84. The van der Waals surface area contributed by atoms with E-state index in [1.54, 1.807) is 0 Å². The van der Waals surface area contributed by atoms with E-state index < -0.39 is 0 Å². The number of rotatable bonds is 6. The highest BCUT2D eigenvalue weighted by Gasteiger charge is 2.26. The Kier molecular flexibility index (Phi) is 6.34. The van der Waals surface area contributed by atoms with Crippen molar-refractivity contribution in [2.75, 3.05) is 12.8 Å². The van der Waals surface area contributed by atoms with E-state index in [1.807, 2.05) is 11.8 Å². The number of carbonyl (C=O) groups excluding carboxylic acids is 1. The molecule has 0 bridgehead atoms. The fraction of sp³-hybridized carbons (Fsp3) is 0.923. The van der Waals surface area contributed by atoms with Crippen LogP contribution in [0.3, 0.4) is 0 Å². The van der Waals surface area contributed by atoms with Crippen molar-refractivity contribution in [3.05, 3.63) is 0 Å². The first-order valence-corrected chi connectivity index (χ1v) is 7.89. The summed E-state index contributed by atoms with van der Waals surface area (Å²) in [4.78, 5) is 11.7. The SMILES string of the molecule is CSC1CCCC1NCC(=O)NC(C)C(C)C. The molecule has 1 rings (SSSR count). The number of amides is 1. The molecule has 0 spiro atoms. The average Bonchev–Trinajstić information content (AvgIpc) is 2.73. The summed E-state index contributed by atoms with van der Waals surface area (Å²) in [6.45, 7) is 6.76. The van der Waals surface area contributed by atoms with E-state index in [2.05, 4.69) is 37.7 Å². The maximum absolute atomic E-state index is 11.7. The first-order valence-electron chi connectivity index (χ1n) is 6.60. The highest BCUT2D eigenvalue weighted by atomic mass is 32.2. The largest absolute Gasteiger partial charge is 0.352 e. The van der Waals surface area contributed by atoms with Gasteiger partial charge in [-0.3, -0.25) is 4.79 Å². The Hall–Kier alpha value is -0.220. The van der Waals surface area contributed by atoms with Crippen LogP contribution in [0.1, 0.15) is 40.0 Å². The number of hydrogen-bond donors (Lipinski definition) is 2. The lowest BCUT2D eigenvalue weighted by molar-refractivity contribution is -0.121. The van der Waals surface area contributed by atoms with Gasteiger partial charge in [0.15, 0.2) is 0 Å². The minimum absolute atomic E-state index is 0.123. The second-order valence-corrected chi connectivity index (χ2v) is 6.37. The smallest absolute Gasteiger partial charge is 0.234 e. The van der Waals surface area contributed by atoms with E-state index in [1.165, 1.54) is 19.3 Å². The number of thioether (sulfide) groups is 1. The molecule has 1 fully saturated rings. The Morgan fingerprint density at radius 1 is 1.35 bits per heavy atom. The summed E-state index contributed by atoms with van der Waals surface area (Å²) in [5, 5.41) is 7.11. The van der Waals surface area contributed by atoms with Crippen LogP contribution in [-0.4, -0.2) is 36.0 Å². The summed E-state index contributed by atoms with van der Waals surface area (Å²) < 4.78 is 0. The van der Waals surface area contributed by atoms with Crippen LogP contribution in [0.25, 0.3) is 0 Å². The van der Waals surface area contributed by atoms with Crippen LogP contribution < -0.4 is 10.6 Å². The second-order valence-electron chi connectivity index (χ2n) is 5.29. The van der Waals surface area contributed by atoms with Crippen LogP contribution in [0.15, 0.2) is 0 Å². The lowest BCUT2D eigenvalue weighted by atomic mass is 10.1. The lowest BCUT2D eigenvalue weighted by Crippen LogP contribution is -2.45. The van der Waals surface area contributed by atoms with Gasteiger partial charge < -0.3 is 10.6 Å². The van der Waals surface area contributed by atoms with Gasteiger partial charge in [0.05, 0.1) is 6.54 Å². The molecule has 0 aromatic carbocycles. The van der Waals surface area contributed by atoms with E-state index in [-0.39, 0.29) is 11.9 Å². The molecule has 0 aromatic heterocycles. The summed E-state index contributed by atoms with van der Waals surface area (Å²) in [6, 6.07) is 0.773. The Morgan fingerprint density at radius 2 is 2.06 bits per heavy atom. The van der Waals surface area contributed by atoms with E-state index in [9.17, 15) is 4.79 Å². The molecule has 4 heteroatoms. The summed E-state index contributed by atoms with van der Waals surface area (Å²) >= 11 is 1.92. The normalized spacial score (nSPS) is 26.2. The van der Waals surface area contributed by atoms with Crippen molar-refractivity contribution in [3.8, 4) is 0 Å². The third kappa shape index (κ3) is 4.88. The average molecular weight is 258 g/mol. The molecule has 0 aromatic rings. The predicted octanol–water partition coefficient (Wildman–Crippen LogP) is 2.02. The maximum Gasteiger partial charge on any atom is 0.234 e. The van der Waals surface area contributed by atoms with Crippen molar-refractivity contribution in [1.29, 1.82) is 0 Å². The number of hydrogen-bond acceptors (Lipinski definition) is 3. The first-order chi connectivity index (χ1) is 8.04. The van der Waals surface area contributed by atoms with Gasteiger partial charge >= 0.3 is 0 Å². The van der Waals surface area contributed by atoms with Gasteiger partial charge in [-0.25, -0.2) is 0 Å². The molecule has 3 atom stereocenters. The standard InChI is InChI=1S/C13H26N2OS/c1-9(2)10(3)15-13(16)8-14-11-6-5-7-12(11)17-4/h9-12,14H,5-8H2,1-4H3,(H,15,16). The Morgan fingerprint density at radius 3 is 2.65 bits per heavy atom. The highest BCUT2D eigenvalue weighted by Crippen LogP contribution is 2.28. The van der Waals surface area contributed by atoms with Crippen LogP contribution >= 0.6 is 11.8 Å². The molecule has 0 saturated heterocycles. The van der Waals surface area contributed by atoms with Crippen molar-refractivity contribution in [2.45, 2.75) is 57.4 Å². The molecule has 3 unspecified atom stereocenters. The van der Waals surface area contributed by atoms with E-state index in [0.29, 0.717) is 23.8 Å². The van der Waals surface area contributed by atoms with Gasteiger partial charge in [-0.05, 0) is 31.9 Å². The maximum atomic E-state index is 11.7. The molecule has 0 radical (unpaired) electrons. The fourth-order valence-corrected chi connectivity index (χ4v) is 3.10. The minimum Gasteiger partial charge on any atom is -0.352 e. The van der Waals surface area contributed by atoms with Gasteiger partial charge in [0, 0.05) is 17.3 Å². The molecule has 3 nitrogen and oxygen atoms in total. The fourth-order valence-electron chi connectivity index (χ4n) is 2.14.